The lowest BCUT2D eigenvalue weighted by Crippen LogP contribution is -2.10. The first-order valence-electron chi connectivity index (χ1n) is 8.35. The van der Waals surface area contributed by atoms with Crippen LogP contribution >= 0.6 is 0 Å². The molecule has 0 atom stereocenters. The molecule has 0 saturated heterocycles. The highest BCUT2D eigenvalue weighted by Gasteiger charge is 2.38. The predicted octanol–water partition coefficient (Wildman–Crippen LogP) is 3.69. The van der Waals surface area contributed by atoms with Crippen molar-refractivity contribution in [1.82, 2.24) is 24.3 Å². The zero-order valence-corrected chi connectivity index (χ0v) is 15.7. The molecule has 0 aliphatic rings. The maximum Gasteiger partial charge on any atom is 0.471 e. The monoisotopic (exact) mass is 435 g/mol. The summed E-state index contributed by atoms with van der Waals surface area (Å²) in [5, 5.41) is 9.72. The van der Waals surface area contributed by atoms with E-state index in [1.165, 1.54) is 42.7 Å². The standard InChI is InChI=1S/C18H12F3N5O3S/c19-18(20,21)17-24-16(25-29-17)5-4-12-6-7-26(11-12)30(27,28)15-3-1-2-13(8-15)14-9-22-23-10-14/h1-11H,(H,22,23). The van der Waals surface area contributed by atoms with Crippen molar-refractivity contribution in [3.63, 3.8) is 0 Å². The highest BCUT2D eigenvalue weighted by molar-refractivity contribution is 7.90. The second-order valence-electron chi connectivity index (χ2n) is 6.08. The number of benzene rings is 1. The van der Waals surface area contributed by atoms with Gasteiger partial charge in [-0.1, -0.05) is 17.3 Å². The quantitative estimate of drug-likeness (QED) is 0.513. The zero-order valence-electron chi connectivity index (χ0n) is 14.9. The lowest BCUT2D eigenvalue weighted by atomic mass is 10.1. The molecule has 0 unspecified atom stereocenters. The predicted molar refractivity (Wildman–Crippen MR) is 99.3 cm³/mol. The van der Waals surface area contributed by atoms with Gasteiger partial charge >= 0.3 is 12.1 Å². The largest absolute Gasteiger partial charge is 0.471 e. The number of aromatic amines is 1. The molecule has 0 aliphatic heterocycles. The Labute approximate surface area is 167 Å². The molecular formula is C18H12F3N5O3S. The molecule has 30 heavy (non-hydrogen) atoms. The lowest BCUT2D eigenvalue weighted by Gasteiger charge is -2.07. The third-order valence-electron chi connectivity index (χ3n) is 4.04. The Bertz CT molecular complexity index is 1300. The summed E-state index contributed by atoms with van der Waals surface area (Å²) in [6.07, 6.45) is 3.70. The summed E-state index contributed by atoms with van der Waals surface area (Å²) >= 11 is 0. The van der Waals surface area contributed by atoms with Crippen LogP contribution in [-0.4, -0.2) is 32.7 Å². The second-order valence-corrected chi connectivity index (χ2v) is 7.93. The zero-order chi connectivity index (χ0) is 21.4. The number of hydrogen-bond donors (Lipinski definition) is 1. The van der Waals surface area contributed by atoms with Gasteiger partial charge in [-0.15, -0.1) is 0 Å². The van der Waals surface area contributed by atoms with Crippen molar-refractivity contribution in [3.05, 3.63) is 72.4 Å². The molecule has 1 N–H and O–H groups in total. The number of nitrogens with zero attached hydrogens (tertiary/aromatic N) is 4. The summed E-state index contributed by atoms with van der Waals surface area (Å²) in [6, 6.07) is 7.85. The van der Waals surface area contributed by atoms with E-state index in [0.717, 1.165) is 9.54 Å². The van der Waals surface area contributed by atoms with Crippen LogP contribution in [0.2, 0.25) is 0 Å². The molecule has 8 nitrogen and oxygen atoms in total. The Morgan fingerprint density at radius 2 is 1.97 bits per heavy atom. The number of rotatable bonds is 5. The molecule has 0 spiro atoms. The molecule has 0 aliphatic carbocycles. The van der Waals surface area contributed by atoms with E-state index in [4.69, 9.17) is 0 Å². The van der Waals surface area contributed by atoms with Gasteiger partial charge in [0.2, 0.25) is 0 Å². The summed E-state index contributed by atoms with van der Waals surface area (Å²) < 4.78 is 68.4. The van der Waals surface area contributed by atoms with Crippen LogP contribution in [0.1, 0.15) is 17.3 Å². The van der Waals surface area contributed by atoms with Crippen LogP contribution in [-0.2, 0) is 16.2 Å². The Balaban J connectivity index is 1.57. The lowest BCUT2D eigenvalue weighted by molar-refractivity contribution is -0.159. The molecule has 3 aromatic heterocycles. The number of hydrogen-bond acceptors (Lipinski definition) is 6. The van der Waals surface area contributed by atoms with Crippen LogP contribution in [0.5, 0.6) is 0 Å². The van der Waals surface area contributed by atoms with Crippen molar-refractivity contribution in [2.45, 2.75) is 11.1 Å². The van der Waals surface area contributed by atoms with Crippen molar-refractivity contribution in [2.24, 2.45) is 0 Å². The molecule has 0 fully saturated rings. The third kappa shape index (κ3) is 3.89. The van der Waals surface area contributed by atoms with Gasteiger partial charge in [0.15, 0.2) is 5.82 Å². The fourth-order valence-corrected chi connectivity index (χ4v) is 3.85. The van der Waals surface area contributed by atoms with Gasteiger partial charge in [-0.25, -0.2) is 12.4 Å². The first-order valence-corrected chi connectivity index (χ1v) is 9.79. The summed E-state index contributed by atoms with van der Waals surface area (Å²) in [5.41, 5.74) is 1.83. The average Bonchev–Trinajstić information content (AvgIpc) is 3.47. The number of nitrogens with one attached hydrogen (secondary N) is 1. The van der Waals surface area contributed by atoms with Crippen molar-refractivity contribution in [2.75, 3.05) is 0 Å². The number of halogens is 3. The Hall–Kier alpha value is -3.67. The molecule has 0 amide bonds. The normalized spacial score (nSPS) is 12.6. The van der Waals surface area contributed by atoms with E-state index < -0.39 is 22.1 Å². The maximum absolute atomic E-state index is 12.9. The van der Waals surface area contributed by atoms with Crippen molar-refractivity contribution in [3.8, 4) is 11.1 Å². The Morgan fingerprint density at radius 3 is 2.67 bits per heavy atom. The van der Waals surface area contributed by atoms with Gasteiger partial charge in [0.05, 0.1) is 11.1 Å². The number of H-pyrrole nitrogens is 1. The SMILES string of the molecule is O=S(=O)(c1cccc(-c2cn[nH]c2)c1)n1ccc(C=Cc2noc(C(F)(F)F)n2)c1. The topological polar surface area (TPSA) is 107 Å². The fourth-order valence-electron chi connectivity index (χ4n) is 2.60. The van der Waals surface area contributed by atoms with Crippen LogP contribution in [0, 0.1) is 0 Å². The van der Waals surface area contributed by atoms with Crippen molar-refractivity contribution in [1.29, 1.82) is 0 Å². The summed E-state index contributed by atoms with van der Waals surface area (Å²) in [5.74, 6) is -1.74. The van der Waals surface area contributed by atoms with E-state index in [1.807, 2.05) is 0 Å². The van der Waals surface area contributed by atoms with E-state index in [9.17, 15) is 21.6 Å². The van der Waals surface area contributed by atoms with E-state index in [0.29, 0.717) is 11.1 Å². The molecule has 154 valence electrons. The van der Waals surface area contributed by atoms with E-state index in [1.54, 1.807) is 24.5 Å². The molecule has 12 heteroatoms. The molecule has 4 rings (SSSR count). The minimum absolute atomic E-state index is 0.0697. The van der Waals surface area contributed by atoms with Crippen LogP contribution in [0.15, 0.2) is 64.5 Å². The first-order chi connectivity index (χ1) is 14.2. The number of aromatic nitrogens is 5. The van der Waals surface area contributed by atoms with E-state index in [2.05, 4.69) is 24.9 Å². The Kier molecular flexibility index (Phi) is 4.78. The van der Waals surface area contributed by atoms with Crippen LogP contribution in [0.4, 0.5) is 13.2 Å². The number of alkyl halides is 3. The molecule has 0 saturated carbocycles. The van der Waals surface area contributed by atoms with E-state index >= 15 is 0 Å². The van der Waals surface area contributed by atoms with Gasteiger partial charge < -0.3 is 4.52 Å². The smallest absolute Gasteiger partial charge is 0.329 e. The van der Waals surface area contributed by atoms with Gasteiger partial charge in [0.25, 0.3) is 10.0 Å². The van der Waals surface area contributed by atoms with Crippen molar-refractivity contribution >= 4 is 22.2 Å². The molecule has 1 aromatic carbocycles. The second kappa shape index (κ2) is 7.30. The van der Waals surface area contributed by atoms with Gasteiger partial charge in [0.1, 0.15) is 0 Å². The Morgan fingerprint density at radius 1 is 1.13 bits per heavy atom. The molecule has 0 bridgehead atoms. The van der Waals surface area contributed by atoms with Crippen LogP contribution < -0.4 is 0 Å². The maximum atomic E-state index is 12.9. The minimum Gasteiger partial charge on any atom is -0.329 e. The third-order valence-corrected chi connectivity index (χ3v) is 5.67. The minimum atomic E-state index is -4.73. The van der Waals surface area contributed by atoms with Gasteiger partial charge in [-0.2, -0.15) is 23.3 Å². The van der Waals surface area contributed by atoms with Crippen LogP contribution in [0.25, 0.3) is 23.3 Å². The molecule has 4 aromatic rings. The van der Waals surface area contributed by atoms with Gasteiger partial charge in [-0.05, 0) is 41.5 Å². The molecular weight excluding hydrogens is 423 g/mol. The highest BCUT2D eigenvalue weighted by atomic mass is 32.2. The first kappa shape index (κ1) is 19.6. The summed E-state index contributed by atoms with van der Waals surface area (Å²) in [4.78, 5) is 3.28. The average molecular weight is 435 g/mol. The van der Waals surface area contributed by atoms with Crippen LogP contribution in [0.3, 0.4) is 0 Å². The van der Waals surface area contributed by atoms with Gasteiger partial charge in [-0.3, -0.25) is 5.10 Å². The van der Waals surface area contributed by atoms with Crippen molar-refractivity contribution < 1.29 is 26.1 Å². The summed E-state index contributed by atoms with van der Waals surface area (Å²) in [7, 11) is -3.88. The molecule has 0 radical (unpaired) electrons. The van der Waals surface area contributed by atoms with E-state index in [-0.39, 0.29) is 10.7 Å². The fraction of sp³-hybridized carbons (Fsp3) is 0.0556. The highest BCUT2D eigenvalue weighted by Crippen LogP contribution is 2.27. The summed E-state index contributed by atoms with van der Waals surface area (Å²) in [6.45, 7) is 0. The van der Waals surface area contributed by atoms with Gasteiger partial charge in [0, 0.05) is 24.2 Å². The molecule has 3 heterocycles.